The van der Waals surface area contributed by atoms with Gasteiger partial charge in [-0.2, -0.15) is 31.4 Å². The lowest BCUT2D eigenvalue weighted by Crippen LogP contribution is -2.15. The Hall–Kier alpha value is -2.10. The molecule has 10 heteroatoms. The maximum Gasteiger partial charge on any atom is 0.416 e. The van der Waals surface area contributed by atoms with Crippen molar-refractivity contribution in [3.8, 4) is 0 Å². The third-order valence-electron chi connectivity index (χ3n) is 3.12. The van der Waals surface area contributed by atoms with Gasteiger partial charge in [0.25, 0.3) is 0 Å². The average Bonchev–Trinajstić information content (AvgIpc) is 2.75. The number of benzene rings is 1. The van der Waals surface area contributed by atoms with Crippen molar-refractivity contribution in [2.24, 2.45) is 7.05 Å². The van der Waals surface area contributed by atoms with Crippen LogP contribution in [0.5, 0.6) is 0 Å². The highest BCUT2D eigenvalue weighted by molar-refractivity contribution is 5.37. The molecule has 0 saturated heterocycles. The molecule has 1 unspecified atom stereocenters. The van der Waals surface area contributed by atoms with Crippen LogP contribution >= 0.6 is 0 Å². The standard InChI is InChI=1S/C13H9F7N2O/c1-22-10(9(14)5-21-22)11(23)6-2-7(12(15,16)17)4-8(3-6)13(18,19)20/h2-5,11,23H,1H3. The van der Waals surface area contributed by atoms with Crippen LogP contribution in [0.3, 0.4) is 0 Å². The number of nitrogens with zero attached hydrogens (tertiary/aromatic N) is 2. The minimum atomic E-state index is -5.05. The molecule has 0 saturated carbocycles. The maximum atomic E-state index is 13.5. The Bertz CT molecular complexity index is 666. The van der Waals surface area contributed by atoms with Crippen LogP contribution in [0.1, 0.15) is 28.5 Å². The number of aryl methyl sites for hydroxylation is 1. The van der Waals surface area contributed by atoms with Crippen LogP contribution in [0.25, 0.3) is 0 Å². The van der Waals surface area contributed by atoms with Crippen molar-refractivity contribution < 1.29 is 35.8 Å². The maximum absolute atomic E-state index is 13.5. The van der Waals surface area contributed by atoms with Crippen LogP contribution in [0.15, 0.2) is 24.4 Å². The van der Waals surface area contributed by atoms with E-state index in [9.17, 15) is 35.8 Å². The zero-order valence-corrected chi connectivity index (χ0v) is 11.4. The summed E-state index contributed by atoms with van der Waals surface area (Å²) < 4.78 is 90.9. The van der Waals surface area contributed by atoms with Crippen molar-refractivity contribution >= 4 is 0 Å². The molecule has 0 aliphatic heterocycles. The number of aliphatic hydroxyl groups is 1. The molecule has 1 N–H and O–H groups in total. The fourth-order valence-corrected chi connectivity index (χ4v) is 2.02. The molecule has 1 aromatic carbocycles. The van der Waals surface area contributed by atoms with Gasteiger partial charge in [-0.05, 0) is 23.8 Å². The largest absolute Gasteiger partial charge is 0.416 e. The number of rotatable bonds is 2. The van der Waals surface area contributed by atoms with Gasteiger partial charge in [-0.25, -0.2) is 4.39 Å². The Labute approximate surface area is 125 Å². The minimum Gasteiger partial charge on any atom is -0.382 e. The van der Waals surface area contributed by atoms with Gasteiger partial charge in [0.1, 0.15) is 11.8 Å². The summed E-state index contributed by atoms with van der Waals surface area (Å²) >= 11 is 0. The molecule has 3 nitrogen and oxygen atoms in total. The smallest absolute Gasteiger partial charge is 0.382 e. The predicted molar refractivity (Wildman–Crippen MR) is 63.7 cm³/mol. The van der Waals surface area contributed by atoms with Crippen LogP contribution in [-0.2, 0) is 19.4 Å². The molecule has 0 aliphatic carbocycles. The van der Waals surface area contributed by atoms with Crippen molar-refractivity contribution in [1.82, 2.24) is 9.78 Å². The summed E-state index contributed by atoms with van der Waals surface area (Å²) in [5, 5.41) is 13.4. The third-order valence-corrected chi connectivity index (χ3v) is 3.12. The van der Waals surface area contributed by atoms with Crippen molar-refractivity contribution in [3.63, 3.8) is 0 Å². The van der Waals surface area contributed by atoms with E-state index in [1.807, 2.05) is 0 Å². The Kier molecular flexibility index (Phi) is 4.14. The molecule has 126 valence electrons. The predicted octanol–water partition coefficient (Wildman–Crippen LogP) is 3.68. The summed E-state index contributed by atoms with van der Waals surface area (Å²) in [5.41, 5.74) is -4.47. The molecule has 2 aromatic rings. The van der Waals surface area contributed by atoms with Crippen molar-refractivity contribution in [3.05, 3.63) is 52.6 Å². The van der Waals surface area contributed by atoms with E-state index in [-0.39, 0.29) is 6.07 Å². The quantitative estimate of drug-likeness (QED) is 0.846. The molecule has 0 radical (unpaired) electrons. The van der Waals surface area contributed by atoms with E-state index >= 15 is 0 Å². The first-order chi connectivity index (χ1) is 10.4. The van der Waals surface area contributed by atoms with E-state index in [2.05, 4.69) is 5.10 Å². The molecule has 0 bridgehead atoms. The van der Waals surface area contributed by atoms with E-state index in [1.54, 1.807) is 0 Å². The Morgan fingerprint density at radius 1 is 1.00 bits per heavy atom. The molecular weight excluding hydrogens is 333 g/mol. The summed E-state index contributed by atoms with van der Waals surface area (Å²) in [5.74, 6) is -1.05. The molecule has 23 heavy (non-hydrogen) atoms. The number of hydrogen-bond donors (Lipinski definition) is 1. The lowest BCUT2D eigenvalue weighted by Gasteiger charge is -2.17. The Morgan fingerprint density at radius 3 is 1.83 bits per heavy atom. The fourth-order valence-electron chi connectivity index (χ4n) is 2.02. The third kappa shape index (κ3) is 3.46. The van der Waals surface area contributed by atoms with E-state index in [4.69, 9.17) is 0 Å². The summed E-state index contributed by atoms with van der Waals surface area (Å²) in [6.45, 7) is 0. The van der Waals surface area contributed by atoms with Gasteiger partial charge in [0, 0.05) is 7.05 Å². The molecular formula is C13H9F7N2O. The van der Waals surface area contributed by atoms with Gasteiger partial charge in [-0.1, -0.05) is 0 Å². The molecule has 1 heterocycles. The summed E-state index contributed by atoms with van der Waals surface area (Å²) in [6.07, 6.45) is -11.5. The van der Waals surface area contributed by atoms with Gasteiger partial charge in [0.2, 0.25) is 0 Å². The van der Waals surface area contributed by atoms with Crippen LogP contribution in [0, 0.1) is 5.82 Å². The SMILES string of the molecule is Cn1ncc(F)c1C(O)c1cc(C(F)(F)F)cc(C(F)(F)F)c1. The molecule has 2 rings (SSSR count). The zero-order valence-electron chi connectivity index (χ0n) is 11.4. The van der Waals surface area contributed by atoms with E-state index in [0.29, 0.717) is 18.3 Å². The van der Waals surface area contributed by atoms with E-state index in [0.717, 1.165) is 4.68 Å². The first-order valence-corrected chi connectivity index (χ1v) is 6.06. The van der Waals surface area contributed by atoms with Gasteiger partial charge in [-0.3, -0.25) is 4.68 Å². The number of halogens is 7. The molecule has 0 amide bonds. The number of aromatic nitrogens is 2. The van der Waals surface area contributed by atoms with Crippen LogP contribution in [0.4, 0.5) is 30.7 Å². The highest BCUT2D eigenvalue weighted by Crippen LogP contribution is 2.38. The Balaban J connectivity index is 2.62. The summed E-state index contributed by atoms with van der Waals surface area (Å²) in [7, 11) is 1.19. The average molecular weight is 342 g/mol. The highest BCUT2D eigenvalue weighted by atomic mass is 19.4. The topological polar surface area (TPSA) is 38.0 Å². The van der Waals surface area contributed by atoms with Crippen molar-refractivity contribution in [2.75, 3.05) is 0 Å². The number of aliphatic hydroxyl groups excluding tert-OH is 1. The normalized spacial score (nSPS) is 14.1. The fraction of sp³-hybridized carbons (Fsp3) is 0.308. The van der Waals surface area contributed by atoms with Gasteiger partial charge in [0.15, 0.2) is 5.82 Å². The summed E-state index contributed by atoms with van der Waals surface area (Å²) in [4.78, 5) is 0. The first-order valence-electron chi connectivity index (χ1n) is 6.06. The van der Waals surface area contributed by atoms with Crippen LogP contribution in [-0.4, -0.2) is 14.9 Å². The lowest BCUT2D eigenvalue weighted by molar-refractivity contribution is -0.143. The minimum absolute atomic E-state index is 0.0736. The molecule has 0 spiro atoms. The van der Waals surface area contributed by atoms with Gasteiger partial charge >= 0.3 is 12.4 Å². The highest BCUT2D eigenvalue weighted by Gasteiger charge is 2.38. The molecule has 0 aliphatic rings. The van der Waals surface area contributed by atoms with Crippen molar-refractivity contribution in [1.29, 1.82) is 0 Å². The second kappa shape index (κ2) is 5.52. The molecule has 1 aromatic heterocycles. The van der Waals surface area contributed by atoms with Gasteiger partial charge < -0.3 is 5.11 Å². The lowest BCUT2D eigenvalue weighted by atomic mass is 9.99. The first kappa shape index (κ1) is 17.3. The van der Waals surface area contributed by atoms with E-state index in [1.165, 1.54) is 7.05 Å². The number of hydrogen-bond acceptors (Lipinski definition) is 2. The van der Waals surface area contributed by atoms with Gasteiger partial charge in [-0.15, -0.1) is 0 Å². The molecule has 1 atom stereocenters. The second-order valence-electron chi connectivity index (χ2n) is 4.74. The summed E-state index contributed by atoms with van der Waals surface area (Å²) in [6, 6.07) is 0.606. The Morgan fingerprint density at radius 2 is 1.48 bits per heavy atom. The zero-order chi connectivity index (χ0) is 17.6. The second-order valence-corrected chi connectivity index (χ2v) is 4.74. The molecule has 0 fully saturated rings. The van der Waals surface area contributed by atoms with E-state index < -0.39 is 46.7 Å². The van der Waals surface area contributed by atoms with Crippen LogP contribution < -0.4 is 0 Å². The van der Waals surface area contributed by atoms with Crippen molar-refractivity contribution in [2.45, 2.75) is 18.5 Å². The van der Waals surface area contributed by atoms with Crippen LogP contribution in [0.2, 0.25) is 0 Å². The van der Waals surface area contributed by atoms with Gasteiger partial charge in [0.05, 0.1) is 17.3 Å². The monoisotopic (exact) mass is 342 g/mol. The number of alkyl halides is 6.